The van der Waals surface area contributed by atoms with Crippen LogP contribution in [0.1, 0.15) is 26.7 Å². The average molecular weight is 276 g/mol. The summed E-state index contributed by atoms with van der Waals surface area (Å²) in [6.07, 6.45) is 3.98. The molecule has 0 atom stereocenters. The molecule has 5 nitrogen and oxygen atoms in total. The van der Waals surface area contributed by atoms with E-state index < -0.39 is 10.0 Å². The number of sulfonamides is 1. The lowest BCUT2D eigenvalue weighted by atomic mass is 9.83. The van der Waals surface area contributed by atoms with Crippen LogP contribution in [0.4, 0.5) is 0 Å². The highest BCUT2D eigenvalue weighted by atomic mass is 32.2. The third-order valence-corrected chi connectivity index (χ3v) is 5.30. The lowest BCUT2D eigenvalue weighted by molar-refractivity contribution is -0.118. The lowest BCUT2D eigenvalue weighted by Crippen LogP contribution is -2.51. The zero-order valence-corrected chi connectivity index (χ0v) is 12.4. The van der Waals surface area contributed by atoms with Gasteiger partial charge in [-0.05, 0) is 12.8 Å². The van der Waals surface area contributed by atoms with Gasteiger partial charge in [-0.2, -0.15) is 4.31 Å². The van der Waals surface area contributed by atoms with Crippen molar-refractivity contribution in [3.8, 4) is 0 Å². The van der Waals surface area contributed by atoms with Crippen LogP contribution >= 0.6 is 0 Å². The number of rotatable bonds is 6. The Morgan fingerprint density at radius 1 is 1.11 bits per heavy atom. The normalized spacial score (nSPS) is 19.9. The van der Waals surface area contributed by atoms with Gasteiger partial charge in [0.15, 0.2) is 0 Å². The van der Waals surface area contributed by atoms with Gasteiger partial charge in [-0.1, -0.05) is 13.8 Å². The number of hydrogen-bond acceptors (Lipinski definition) is 4. The molecule has 0 aromatic heterocycles. The molecule has 1 aliphatic heterocycles. The molecule has 1 fully saturated rings. The van der Waals surface area contributed by atoms with Gasteiger partial charge in [0.1, 0.15) is 6.29 Å². The van der Waals surface area contributed by atoms with Gasteiger partial charge in [-0.15, -0.1) is 0 Å². The first-order valence-corrected chi connectivity index (χ1v) is 8.35. The van der Waals surface area contributed by atoms with E-state index in [1.165, 1.54) is 10.6 Å². The van der Waals surface area contributed by atoms with E-state index in [0.29, 0.717) is 26.2 Å². The molecule has 1 aliphatic rings. The third kappa shape index (κ3) is 3.76. The molecule has 1 rings (SSSR count). The fraction of sp³-hybridized carbons (Fsp3) is 0.917. The maximum absolute atomic E-state index is 11.4. The Balaban J connectivity index is 2.56. The van der Waals surface area contributed by atoms with Crippen molar-refractivity contribution >= 4 is 16.3 Å². The summed E-state index contributed by atoms with van der Waals surface area (Å²) in [5, 5.41) is 0. The molecule has 0 aromatic rings. The third-order valence-electron chi connectivity index (χ3n) is 4.00. The maximum Gasteiger partial charge on any atom is 0.211 e. The van der Waals surface area contributed by atoms with Crippen LogP contribution in [0.5, 0.6) is 0 Å². The second-order valence-corrected chi connectivity index (χ2v) is 7.11. The van der Waals surface area contributed by atoms with Crippen molar-refractivity contribution in [3.05, 3.63) is 0 Å². The zero-order chi connectivity index (χ0) is 13.8. The SMILES string of the molecule is CCC(C=O)(CC)CN1CCN(S(C)(=O)=O)CC1. The van der Waals surface area contributed by atoms with Gasteiger partial charge in [0.2, 0.25) is 10.0 Å². The van der Waals surface area contributed by atoms with E-state index in [9.17, 15) is 13.2 Å². The summed E-state index contributed by atoms with van der Waals surface area (Å²) < 4.78 is 24.3. The molecule has 0 amide bonds. The highest BCUT2D eigenvalue weighted by molar-refractivity contribution is 7.88. The van der Waals surface area contributed by atoms with E-state index in [4.69, 9.17) is 0 Å². The number of nitrogens with zero attached hydrogens (tertiary/aromatic N) is 2. The van der Waals surface area contributed by atoms with Crippen molar-refractivity contribution < 1.29 is 13.2 Å². The van der Waals surface area contributed by atoms with E-state index in [1.54, 1.807) is 0 Å². The van der Waals surface area contributed by atoms with E-state index >= 15 is 0 Å². The molecule has 1 saturated heterocycles. The molecule has 106 valence electrons. The van der Waals surface area contributed by atoms with Crippen LogP contribution in [0, 0.1) is 5.41 Å². The minimum atomic E-state index is -3.07. The lowest BCUT2D eigenvalue weighted by Gasteiger charge is -2.38. The van der Waals surface area contributed by atoms with E-state index in [1.807, 2.05) is 13.8 Å². The summed E-state index contributed by atoms with van der Waals surface area (Å²) in [5.74, 6) is 0. The number of aldehydes is 1. The van der Waals surface area contributed by atoms with E-state index in [0.717, 1.165) is 25.7 Å². The van der Waals surface area contributed by atoms with Crippen molar-refractivity contribution in [2.24, 2.45) is 5.41 Å². The summed E-state index contributed by atoms with van der Waals surface area (Å²) in [6.45, 7) is 7.28. The van der Waals surface area contributed by atoms with Crippen LogP contribution in [0.15, 0.2) is 0 Å². The average Bonchev–Trinajstić information content (AvgIpc) is 2.36. The van der Waals surface area contributed by atoms with Crippen LogP contribution < -0.4 is 0 Å². The first-order chi connectivity index (χ1) is 8.37. The van der Waals surface area contributed by atoms with E-state index in [-0.39, 0.29) is 5.41 Å². The van der Waals surface area contributed by atoms with Crippen LogP contribution in [0.25, 0.3) is 0 Å². The zero-order valence-electron chi connectivity index (χ0n) is 11.6. The van der Waals surface area contributed by atoms with Crippen molar-refractivity contribution in [1.29, 1.82) is 0 Å². The van der Waals surface area contributed by atoms with Crippen LogP contribution in [-0.2, 0) is 14.8 Å². The predicted molar refractivity (Wildman–Crippen MR) is 71.9 cm³/mol. The fourth-order valence-electron chi connectivity index (χ4n) is 2.34. The number of carbonyl (C=O) groups excluding carboxylic acids is 1. The smallest absolute Gasteiger partial charge is 0.211 e. The van der Waals surface area contributed by atoms with Crippen LogP contribution in [0.3, 0.4) is 0 Å². The standard InChI is InChI=1S/C12H24N2O3S/c1-4-12(5-2,11-15)10-13-6-8-14(9-7-13)18(3,16)17/h11H,4-10H2,1-3H3. The topological polar surface area (TPSA) is 57.7 Å². The molecule has 1 heterocycles. The van der Waals surface area contributed by atoms with Gasteiger partial charge in [-0.25, -0.2) is 8.42 Å². The molecule has 0 N–H and O–H groups in total. The van der Waals surface area contributed by atoms with Crippen molar-refractivity contribution in [2.75, 3.05) is 39.0 Å². The number of piperazine rings is 1. The Kier molecular flexibility index (Phi) is 5.31. The van der Waals surface area contributed by atoms with Gasteiger partial charge < -0.3 is 4.79 Å². The highest BCUT2D eigenvalue weighted by Gasteiger charge is 2.31. The highest BCUT2D eigenvalue weighted by Crippen LogP contribution is 2.25. The summed E-state index contributed by atoms with van der Waals surface area (Å²) in [6, 6.07) is 0. The molecule has 0 aromatic carbocycles. The predicted octanol–water partition coefficient (Wildman–Crippen LogP) is 0.569. The van der Waals surface area contributed by atoms with Crippen molar-refractivity contribution in [3.63, 3.8) is 0 Å². The molecule has 0 unspecified atom stereocenters. The molecule has 0 saturated carbocycles. The Hall–Kier alpha value is -0.460. The summed E-state index contributed by atoms with van der Waals surface area (Å²) in [4.78, 5) is 13.5. The van der Waals surface area contributed by atoms with Crippen molar-refractivity contribution in [2.45, 2.75) is 26.7 Å². The van der Waals surface area contributed by atoms with Gasteiger partial charge in [-0.3, -0.25) is 4.90 Å². The Morgan fingerprint density at radius 3 is 1.94 bits per heavy atom. The minimum Gasteiger partial charge on any atom is -0.303 e. The fourth-order valence-corrected chi connectivity index (χ4v) is 3.17. The number of carbonyl (C=O) groups is 1. The molecule has 18 heavy (non-hydrogen) atoms. The second kappa shape index (κ2) is 6.12. The van der Waals surface area contributed by atoms with E-state index in [2.05, 4.69) is 4.90 Å². The second-order valence-electron chi connectivity index (χ2n) is 5.13. The largest absolute Gasteiger partial charge is 0.303 e. The molecule has 0 radical (unpaired) electrons. The molecular formula is C12H24N2O3S. The quantitative estimate of drug-likeness (QED) is 0.666. The maximum atomic E-state index is 11.4. The summed E-state index contributed by atoms with van der Waals surface area (Å²) in [7, 11) is -3.07. The molecule has 0 spiro atoms. The van der Waals surface area contributed by atoms with Gasteiger partial charge in [0, 0.05) is 38.1 Å². The van der Waals surface area contributed by atoms with Crippen molar-refractivity contribution in [1.82, 2.24) is 9.21 Å². The first kappa shape index (κ1) is 15.6. The molecule has 6 heteroatoms. The Bertz CT molecular complexity index is 369. The Labute approximate surface area is 110 Å². The Morgan fingerprint density at radius 2 is 1.61 bits per heavy atom. The van der Waals surface area contributed by atoms with Gasteiger partial charge >= 0.3 is 0 Å². The number of hydrogen-bond donors (Lipinski definition) is 0. The summed E-state index contributed by atoms with van der Waals surface area (Å²) >= 11 is 0. The molecular weight excluding hydrogens is 252 g/mol. The molecule has 0 aliphatic carbocycles. The van der Waals surface area contributed by atoms with Gasteiger partial charge in [0.25, 0.3) is 0 Å². The monoisotopic (exact) mass is 276 g/mol. The minimum absolute atomic E-state index is 0.271. The van der Waals surface area contributed by atoms with Gasteiger partial charge in [0.05, 0.1) is 6.26 Å². The first-order valence-electron chi connectivity index (χ1n) is 6.50. The molecule has 0 bridgehead atoms. The summed E-state index contributed by atoms with van der Waals surface area (Å²) in [5.41, 5.74) is -0.271. The van der Waals surface area contributed by atoms with Crippen LogP contribution in [-0.4, -0.2) is 62.9 Å². The van der Waals surface area contributed by atoms with Crippen LogP contribution in [0.2, 0.25) is 0 Å².